The topological polar surface area (TPSA) is 77.7 Å². The summed E-state index contributed by atoms with van der Waals surface area (Å²) in [4.78, 5) is 19.9. The van der Waals surface area contributed by atoms with Gasteiger partial charge in [-0.05, 0) is 43.0 Å². The summed E-state index contributed by atoms with van der Waals surface area (Å²) in [7, 11) is 0. The lowest BCUT2D eigenvalue weighted by Gasteiger charge is -2.27. The minimum atomic E-state index is 0.0415. The van der Waals surface area contributed by atoms with Crippen molar-refractivity contribution in [3.63, 3.8) is 0 Å². The third-order valence-electron chi connectivity index (χ3n) is 4.78. The van der Waals surface area contributed by atoms with Gasteiger partial charge in [0.1, 0.15) is 0 Å². The lowest BCUT2D eigenvalue weighted by molar-refractivity contribution is 0.0691. The molecule has 1 atom stereocenters. The second-order valence-corrected chi connectivity index (χ2v) is 7.51. The van der Waals surface area contributed by atoms with Gasteiger partial charge in [-0.1, -0.05) is 18.1 Å². The summed E-state index contributed by atoms with van der Waals surface area (Å²) in [5.41, 5.74) is 0.799. The molecular weight excluding hydrogens is 378 g/mol. The third-order valence-corrected chi connectivity index (χ3v) is 5.64. The number of hydrogen-bond acceptors (Lipinski definition) is 7. The van der Waals surface area contributed by atoms with Crippen molar-refractivity contribution >= 4 is 17.2 Å². The van der Waals surface area contributed by atoms with Gasteiger partial charge < -0.3 is 18.9 Å². The molecular formula is C20H21N3O4S. The van der Waals surface area contributed by atoms with E-state index in [0.717, 1.165) is 16.9 Å². The summed E-state index contributed by atoms with van der Waals surface area (Å²) in [6.45, 7) is 4.87. The standard InChI is InChI=1S/C20H21N3O4S/c1-3-13(2)23(20(24)17-5-4-10-28-17)9-8-18-21-19(22-27-18)14-6-7-15-16(11-14)26-12-25-15/h4-7,10-11,13H,3,8-9,12H2,1-2H3/t13-/m0/s1. The number of rotatable bonds is 7. The van der Waals surface area contributed by atoms with Crippen LogP contribution in [0.25, 0.3) is 11.4 Å². The van der Waals surface area contributed by atoms with E-state index in [9.17, 15) is 4.79 Å². The van der Waals surface area contributed by atoms with Gasteiger partial charge in [0.2, 0.25) is 18.5 Å². The van der Waals surface area contributed by atoms with Crippen LogP contribution in [0.4, 0.5) is 0 Å². The number of nitrogens with zero attached hydrogens (tertiary/aromatic N) is 3. The molecule has 2 aromatic heterocycles. The first-order chi connectivity index (χ1) is 13.7. The molecule has 1 aliphatic rings. The Balaban J connectivity index is 1.46. The van der Waals surface area contributed by atoms with Crippen LogP contribution in [-0.2, 0) is 6.42 Å². The summed E-state index contributed by atoms with van der Waals surface area (Å²) in [6.07, 6.45) is 1.38. The van der Waals surface area contributed by atoms with Crippen LogP contribution < -0.4 is 9.47 Å². The van der Waals surface area contributed by atoms with Gasteiger partial charge >= 0.3 is 0 Å². The molecule has 0 unspecified atom stereocenters. The summed E-state index contributed by atoms with van der Waals surface area (Å²) in [6, 6.07) is 9.41. The molecule has 7 nitrogen and oxygen atoms in total. The zero-order valence-electron chi connectivity index (χ0n) is 15.8. The fraction of sp³-hybridized carbons (Fsp3) is 0.350. The lowest BCUT2D eigenvalue weighted by Crippen LogP contribution is -2.39. The molecule has 0 saturated carbocycles. The minimum absolute atomic E-state index is 0.0415. The van der Waals surface area contributed by atoms with Gasteiger partial charge in [0.15, 0.2) is 11.5 Å². The largest absolute Gasteiger partial charge is 0.454 e. The first-order valence-electron chi connectivity index (χ1n) is 9.22. The van der Waals surface area contributed by atoms with Crippen LogP contribution in [0.3, 0.4) is 0 Å². The molecule has 0 fully saturated rings. The van der Waals surface area contributed by atoms with E-state index < -0.39 is 0 Å². The van der Waals surface area contributed by atoms with Crippen molar-refractivity contribution in [3.8, 4) is 22.9 Å². The maximum absolute atomic E-state index is 12.8. The van der Waals surface area contributed by atoms with Crippen molar-refractivity contribution in [3.05, 3.63) is 46.5 Å². The maximum Gasteiger partial charge on any atom is 0.264 e. The van der Waals surface area contributed by atoms with E-state index in [1.807, 2.05) is 40.6 Å². The van der Waals surface area contributed by atoms with Gasteiger partial charge in [0, 0.05) is 24.6 Å². The van der Waals surface area contributed by atoms with Crippen molar-refractivity contribution in [2.24, 2.45) is 0 Å². The molecule has 146 valence electrons. The van der Waals surface area contributed by atoms with Gasteiger partial charge in [-0.25, -0.2) is 0 Å². The first kappa shape index (κ1) is 18.5. The number of hydrogen-bond donors (Lipinski definition) is 0. The van der Waals surface area contributed by atoms with Crippen LogP contribution in [0.1, 0.15) is 35.8 Å². The van der Waals surface area contributed by atoms with Gasteiger partial charge in [0.05, 0.1) is 4.88 Å². The van der Waals surface area contributed by atoms with Crippen molar-refractivity contribution in [2.75, 3.05) is 13.3 Å². The predicted molar refractivity (Wildman–Crippen MR) is 105 cm³/mol. The maximum atomic E-state index is 12.8. The van der Waals surface area contributed by atoms with Crippen LogP contribution in [0.2, 0.25) is 0 Å². The van der Waals surface area contributed by atoms with Crippen molar-refractivity contribution < 1.29 is 18.8 Å². The number of amides is 1. The molecule has 3 aromatic rings. The predicted octanol–water partition coefficient (Wildman–Crippen LogP) is 4.01. The molecule has 0 bridgehead atoms. The SMILES string of the molecule is CC[C@H](C)N(CCc1nc(-c2ccc3c(c2)OCO3)no1)C(=O)c1cccs1. The highest BCUT2D eigenvalue weighted by Crippen LogP contribution is 2.35. The number of carbonyl (C=O) groups is 1. The van der Waals surface area contributed by atoms with E-state index in [1.54, 1.807) is 0 Å². The highest BCUT2D eigenvalue weighted by molar-refractivity contribution is 7.12. The fourth-order valence-corrected chi connectivity index (χ4v) is 3.69. The number of benzene rings is 1. The van der Waals surface area contributed by atoms with Gasteiger partial charge in [-0.15, -0.1) is 11.3 Å². The Morgan fingerprint density at radius 3 is 2.93 bits per heavy atom. The molecule has 0 aliphatic carbocycles. The Hall–Kier alpha value is -2.87. The van der Waals surface area contributed by atoms with E-state index in [-0.39, 0.29) is 18.7 Å². The molecule has 4 rings (SSSR count). The summed E-state index contributed by atoms with van der Waals surface area (Å²) < 4.78 is 16.1. The molecule has 0 radical (unpaired) electrons. The molecule has 1 aromatic carbocycles. The second kappa shape index (κ2) is 8.02. The first-order valence-corrected chi connectivity index (χ1v) is 10.1. The zero-order chi connectivity index (χ0) is 19.5. The molecule has 1 amide bonds. The highest BCUT2D eigenvalue weighted by Gasteiger charge is 2.22. The highest BCUT2D eigenvalue weighted by atomic mass is 32.1. The summed E-state index contributed by atoms with van der Waals surface area (Å²) >= 11 is 1.46. The molecule has 28 heavy (non-hydrogen) atoms. The van der Waals surface area contributed by atoms with E-state index in [4.69, 9.17) is 14.0 Å². The number of thiophene rings is 1. The zero-order valence-corrected chi connectivity index (χ0v) is 16.6. The Kier molecular flexibility index (Phi) is 5.29. The van der Waals surface area contributed by atoms with E-state index >= 15 is 0 Å². The van der Waals surface area contributed by atoms with Crippen LogP contribution >= 0.6 is 11.3 Å². The van der Waals surface area contributed by atoms with Crippen molar-refractivity contribution in [1.82, 2.24) is 15.0 Å². The van der Waals surface area contributed by atoms with Crippen LogP contribution in [0, 0.1) is 0 Å². The van der Waals surface area contributed by atoms with Crippen LogP contribution in [-0.4, -0.2) is 40.3 Å². The Bertz CT molecular complexity index is 954. The van der Waals surface area contributed by atoms with E-state index in [0.29, 0.717) is 36.2 Å². The fourth-order valence-electron chi connectivity index (χ4n) is 3.01. The summed E-state index contributed by atoms with van der Waals surface area (Å²) in [5.74, 6) is 2.42. The van der Waals surface area contributed by atoms with Gasteiger partial charge in [-0.2, -0.15) is 4.98 Å². The van der Waals surface area contributed by atoms with E-state index in [1.165, 1.54) is 11.3 Å². The average molecular weight is 399 g/mol. The van der Waals surface area contributed by atoms with Gasteiger partial charge in [0.25, 0.3) is 5.91 Å². The molecule has 0 saturated heterocycles. The monoisotopic (exact) mass is 399 g/mol. The molecule has 0 N–H and O–H groups in total. The lowest BCUT2D eigenvalue weighted by atomic mass is 10.2. The minimum Gasteiger partial charge on any atom is -0.454 e. The smallest absolute Gasteiger partial charge is 0.264 e. The third kappa shape index (κ3) is 3.73. The Morgan fingerprint density at radius 1 is 1.29 bits per heavy atom. The van der Waals surface area contributed by atoms with Crippen LogP contribution in [0.15, 0.2) is 40.2 Å². The number of aromatic nitrogens is 2. The Morgan fingerprint density at radius 2 is 2.14 bits per heavy atom. The normalized spacial score (nSPS) is 13.5. The van der Waals surface area contributed by atoms with Gasteiger partial charge in [-0.3, -0.25) is 4.79 Å². The second-order valence-electron chi connectivity index (χ2n) is 6.56. The summed E-state index contributed by atoms with van der Waals surface area (Å²) in [5, 5.41) is 5.98. The quantitative estimate of drug-likeness (QED) is 0.597. The molecule has 3 heterocycles. The van der Waals surface area contributed by atoms with Crippen LogP contribution in [0.5, 0.6) is 11.5 Å². The van der Waals surface area contributed by atoms with Crippen molar-refractivity contribution in [1.29, 1.82) is 0 Å². The van der Waals surface area contributed by atoms with Crippen molar-refractivity contribution in [2.45, 2.75) is 32.7 Å². The number of carbonyl (C=O) groups excluding carboxylic acids is 1. The molecule has 1 aliphatic heterocycles. The number of fused-ring (bicyclic) bond motifs is 1. The Labute approximate surface area is 166 Å². The number of ether oxygens (including phenoxy) is 2. The average Bonchev–Trinajstić information content (AvgIpc) is 3.48. The van der Waals surface area contributed by atoms with E-state index in [2.05, 4.69) is 24.0 Å². The molecule has 0 spiro atoms. The molecule has 8 heteroatoms.